The number of furan rings is 1. The van der Waals surface area contributed by atoms with Crippen LogP contribution in [0.5, 0.6) is 5.75 Å². The largest absolute Gasteiger partial charge is 0.507 e. The zero-order valence-electron chi connectivity index (χ0n) is 17.9. The number of rotatable bonds is 5. The summed E-state index contributed by atoms with van der Waals surface area (Å²) in [5, 5.41) is 11.5. The summed E-state index contributed by atoms with van der Waals surface area (Å²) in [6.45, 7) is 7.24. The molecule has 1 aromatic heterocycles. The number of quaternary nitrogens is 1. The van der Waals surface area contributed by atoms with Gasteiger partial charge in [0.25, 0.3) is 0 Å². The summed E-state index contributed by atoms with van der Waals surface area (Å²) in [6.07, 6.45) is 3.57. The molecule has 5 heteroatoms. The van der Waals surface area contributed by atoms with Crippen LogP contribution in [0.25, 0.3) is 22.3 Å². The topological polar surface area (TPSA) is 64.1 Å². The second-order valence-corrected chi connectivity index (χ2v) is 8.31. The van der Waals surface area contributed by atoms with Crippen LogP contribution in [0.2, 0.25) is 0 Å². The summed E-state index contributed by atoms with van der Waals surface area (Å²) in [7, 11) is 0. The lowest BCUT2D eigenvalue weighted by Crippen LogP contribution is -3.18. The van der Waals surface area contributed by atoms with Gasteiger partial charge >= 0.3 is 5.97 Å². The van der Waals surface area contributed by atoms with Crippen molar-refractivity contribution in [2.24, 2.45) is 0 Å². The molecule has 0 saturated carbocycles. The predicted octanol–water partition coefficient (Wildman–Crippen LogP) is 4.33. The van der Waals surface area contributed by atoms with Crippen LogP contribution < -0.4 is 4.90 Å². The van der Waals surface area contributed by atoms with Gasteiger partial charge < -0.3 is 19.2 Å². The van der Waals surface area contributed by atoms with Crippen molar-refractivity contribution in [2.45, 2.75) is 58.7 Å². The summed E-state index contributed by atoms with van der Waals surface area (Å²) in [6, 6.07) is 14.0. The molecule has 2 N–H and O–H groups in total. The van der Waals surface area contributed by atoms with Crippen LogP contribution in [-0.2, 0) is 11.3 Å². The first-order chi connectivity index (χ1) is 14.5. The van der Waals surface area contributed by atoms with Crippen LogP contribution in [0.1, 0.15) is 56.0 Å². The molecule has 0 spiro atoms. The minimum atomic E-state index is -0.420. The third-order valence-electron chi connectivity index (χ3n) is 6.38. The van der Waals surface area contributed by atoms with Crippen molar-refractivity contribution >= 4 is 16.9 Å². The molecule has 0 aliphatic carbocycles. The number of esters is 1. The maximum absolute atomic E-state index is 13.0. The summed E-state index contributed by atoms with van der Waals surface area (Å²) in [5.41, 5.74) is 2.58. The fourth-order valence-electron chi connectivity index (χ4n) is 4.76. The van der Waals surface area contributed by atoms with E-state index in [9.17, 15) is 9.90 Å². The number of piperidine rings is 1. The van der Waals surface area contributed by atoms with Crippen LogP contribution >= 0.6 is 0 Å². The molecule has 0 amide bonds. The zero-order chi connectivity index (χ0) is 21.3. The Morgan fingerprint density at radius 2 is 1.83 bits per heavy atom. The second kappa shape index (κ2) is 8.52. The number of phenols is 1. The van der Waals surface area contributed by atoms with E-state index < -0.39 is 5.97 Å². The van der Waals surface area contributed by atoms with E-state index in [0.717, 1.165) is 11.1 Å². The number of likely N-dealkylation sites (tertiary alicyclic amines) is 1. The predicted molar refractivity (Wildman–Crippen MR) is 117 cm³/mol. The van der Waals surface area contributed by atoms with Crippen molar-refractivity contribution in [2.75, 3.05) is 6.61 Å². The van der Waals surface area contributed by atoms with Crippen molar-refractivity contribution in [1.29, 1.82) is 0 Å². The van der Waals surface area contributed by atoms with Gasteiger partial charge in [-0.3, -0.25) is 0 Å². The van der Waals surface area contributed by atoms with Gasteiger partial charge in [0.15, 0.2) is 0 Å². The van der Waals surface area contributed by atoms with E-state index in [1.54, 1.807) is 19.1 Å². The molecule has 1 fully saturated rings. The Hall–Kier alpha value is -2.79. The third-order valence-corrected chi connectivity index (χ3v) is 6.38. The van der Waals surface area contributed by atoms with Crippen molar-refractivity contribution in [3.8, 4) is 17.1 Å². The monoisotopic (exact) mass is 408 g/mol. The average molecular weight is 409 g/mol. The van der Waals surface area contributed by atoms with E-state index in [-0.39, 0.29) is 12.4 Å². The van der Waals surface area contributed by atoms with E-state index in [0.29, 0.717) is 40.9 Å². The van der Waals surface area contributed by atoms with Gasteiger partial charge in [0.2, 0.25) is 0 Å². The summed E-state index contributed by atoms with van der Waals surface area (Å²) >= 11 is 0. The van der Waals surface area contributed by atoms with Gasteiger partial charge in [0.1, 0.15) is 29.2 Å². The molecular formula is C25H30NO4+. The molecule has 4 rings (SSSR count). The Labute approximate surface area is 177 Å². The molecule has 3 aromatic rings. The number of phenolic OH excluding ortho intramolecular Hbond substituents is 1. The van der Waals surface area contributed by atoms with Crippen LogP contribution in [0.3, 0.4) is 0 Å². The van der Waals surface area contributed by atoms with Crippen molar-refractivity contribution in [3.63, 3.8) is 0 Å². The lowest BCUT2D eigenvalue weighted by Gasteiger charge is -2.36. The van der Waals surface area contributed by atoms with Crippen LogP contribution in [0.15, 0.2) is 46.9 Å². The second-order valence-electron chi connectivity index (χ2n) is 8.31. The number of hydrogen-bond donors (Lipinski definition) is 2. The van der Waals surface area contributed by atoms with Crippen LogP contribution in [0.4, 0.5) is 0 Å². The Morgan fingerprint density at radius 1 is 1.13 bits per heavy atom. The molecule has 30 heavy (non-hydrogen) atoms. The standard InChI is InChI=1S/C25H29NO4/c1-4-29-25(28)23-22-19(15-26-16(2)9-8-10-17(26)3)20(27)13-14-21(22)30-24(23)18-11-6-5-7-12-18/h5-7,11-14,16-17,27H,4,8-10,15H2,1-3H3/p+1/t16-,17+. The molecule has 0 bridgehead atoms. The average Bonchev–Trinajstić information content (AvgIpc) is 3.13. The van der Waals surface area contributed by atoms with E-state index >= 15 is 0 Å². The van der Waals surface area contributed by atoms with Gasteiger partial charge in [-0.1, -0.05) is 30.3 Å². The van der Waals surface area contributed by atoms with Gasteiger partial charge in [-0.25, -0.2) is 4.79 Å². The molecule has 1 saturated heterocycles. The zero-order valence-corrected chi connectivity index (χ0v) is 17.9. The smallest absolute Gasteiger partial charge is 0.342 e. The van der Waals surface area contributed by atoms with Gasteiger partial charge in [-0.15, -0.1) is 0 Å². The lowest BCUT2D eigenvalue weighted by molar-refractivity contribution is -0.964. The highest BCUT2D eigenvalue weighted by molar-refractivity contribution is 6.10. The molecule has 2 aromatic carbocycles. The van der Waals surface area contributed by atoms with Gasteiger partial charge in [-0.2, -0.15) is 0 Å². The van der Waals surface area contributed by atoms with E-state index in [1.165, 1.54) is 24.2 Å². The first-order valence-electron chi connectivity index (χ1n) is 10.9. The third kappa shape index (κ3) is 3.70. The van der Waals surface area contributed by atoms with E-state index in [4.69, 9.17) is 9.15 Å². The molecule has 158 valence electrons. The normalized spacial score (nSPS) is 21.6. The first kappa shape index (κ1) is 20.5. The highest BCUT2D eigenvalue weighted by Crippen LogP contribution is 2.39. The number of nitrogens with one attached hydrogen (secondary N) is 1. The molecule has 0 radical (unpaired) electrons. The maximum atomic E-state index is 13.0. The number of ether oxygens (including phenoxy) is 1. The Bertz CT molecular complexity index is 1030. The SMILES string of the molecule is CCOC(=O)c1c(-c2ccccc2)oc2ccc(O)c(C[NH+]3[C@H](C)CCC[C@@H]3C)c12. The van der Waals surface area contributed by atoms with Crippen LogP contribution in [-0.4, -0.2) is 29.8 Å². The Kier molecular flexibility index (Phi) is 5.82. The maximum Gasteiger partial charge on any atom is 0.342 e. The van der Waals surface area contributed by atoms with Crippen molar-refractivity contribution < 1.29 is 24.0 Å². The minimum absolute atomic E-state index is 0.200. The molecule has 1 unspecified atom stereocenters. The van der Waals surface area contributed by atoms with Crippen molar-refractivity contribution in [3.05, 3.63) is 53.6 Å². The number of fused-ring (bicyclic) bond motifs is 1. The first-order valence-corrected chi connectivity index (χ1v) is 10.9. The summed E-state index contributed by atoms with van der Waals surface area (Å²) in [5.74, 6) is 0.272. The lowest BCUT2D eigenvalue weighted by atomic mass is 9.95. The van der Waals surface area contributed by atoms with Crippen LogP contribution in [0, 0.1) is 0 Å². The van der Waals surface area contributed by atoms with Gasteiger partial charge in [0, 0.05) is 10.9 Å². The fourth-order valence-corrected chi connectivity index (χ4v) is 4.76. The van der Waals surface area contributed by atoms with Gasteiger partial charge in [-0.05, 0) is 52.2 Å². The van der Waals surface area contributed by atoms with Crippen molar-refractivity contribution in [1.82, 2.24) is 0 Å². The fraction of sp³-hybridized carbons (Fsp3) is 0.400. The molecule has 5 nitrogen and oxygen atoms in total. The molecule has 3 atom stereocenters. The molecule has 1 aliphatic heterocycles. The molecule has 2 heterocycles. The summed E-state index contributed by atoms with van der Waals surface area (Å²) < 4.78 is 11.6. The number of aromatic hydroxyl groups is 1. The number of hydrogen-bond acceptors (Lipinski definition) is 4. The quantitative estimate of drug-likeness (QED) is 0.617. The highest BCUT2D eigenvalue weighted by Gasteiger charge is 2.32. The van der Waals surface area contributed by atoms with Gasteiger partial charge in [0.05, 0.1) is 24.3 Å². The Balaban J connectivity index is 1.91. The minimum Gasteiger partial charge on any atom is -0.507 e. The van der Waals surface area contributed by atoms with E-state index in [2.05, 4.69) is 13.8 Å². The number of carbonyl (C=O) groups is 1. The number of benzene rings is 2. The Morgan fingerprint density at radius 3 is 2.50 bits per heavy atom. The molecular weight excluding hydrogens is 378 g/mol. The number of carbonyl (C=O) groups excluding carboxylic acids is 1. The van der Waals surface area contributed by atoms with E-state index in [1.807, 2.05) is 30.3 Å². The summed E-state index contributed by atoms with van der Waals surface area (Å²) in [4.78, 5) is 14.5. The molecule has 1 aliphatic rings. The highest BCUT2D eigenvalue weighted by atomic mass is 16.5.